The summed E-state index contributed by atoms with van der Waals surface area (Å²) >= 11 is 1.77. The predicted octanol–water partition coefficient (Wildman–Crippen LogP) is 4.81. The van der Waals surface area contributed by atoms with Gasteiger partial charge in [0.05, 0.1) is 4.88 Å². The number of benzene rings is 1. The highest BCUT2D eigenvalue weighted by molar-refractivity contribution is 7.15. The molecule has 1 aliphatic heterocycles. The summed E-state index contributed by atoms with van der Waals surface area (Å²) in [6, 6.07) is 8.36. The average Bonchev–Trinajstić information content (AvgIpc) is 3.41. The highest BCUT2D eigenvalue weighted by atomic mass is 32.1. The Morgan fingerprint density at radius 2 is 2.00 bits per heavy atom. The molecule has 1 fully saturated rings. The first-order valence-electron chi connectivity index (χ1n) is 9.91. The Balaban J connectivity index is 1.37. The summed E-state index contributed by atoms with van der Waals surface area (Å²) in [5.41, 5.74) is 4.80. The van der Waals surface area contributed by atoms with E-state index >= 15 is 0 Å². The van der Waals surface area contributed by atoms with Gasteiger partial charge >= 0.3 is 0 Å². The van der Waals surface area contributed by atoms with Crippen LogP contribution in [0.2, 0.25) is 0 Å². The van der Waals surface area contributed by atoms with Crippen LogP contribution in [-0.4, -0.2) is 22.6 Å². The van der Waals surface area contributed by atoms with E-state index < -0.39 is 0 Å². The van der Waals surface area contributed by atoms with Crippen molar-refractivity contribution in [2.45, 2.75) is 51.9 Å². The van der Waals surface area contributed by atoms with Crippen LogP contribution in [0.15, 0.2) is 28.8 Å². The summed E-state index contributed by atoms with van der Waals surface area (Å²) in [6.07, 6.45) is 5.25. The van der Waals surface area contributed by atoms with Gasteiger partial charge in [-0.3, -0.25) is 4.79 Å². The second-order valence-corrected chi connectivity index (χ2v) is 9.03. The van der Waals surface area contributed by atoms with Crippen molar-refractivity contribution >= 4 is 22.9 Å². The first-order valence-corrected chi connectivity index (χ1v) is 10.7. The maximum Gasteiger partial charge on any atom is 0.268 e. The van der Waals surface area contributed by atoms with Crippen molar-refractivity contribution in [1.82, 2.24) is 10.1 Å². The quantitative estimate of drug-likeness (QED) is 0.640. The maximum atomic E-state index is 12.6. The highest BCUT2D eigenvalue weighted by Crippen LogP contribution is 2.37. The van der Waals surface area contributed by atoms with Gasteiger partial charge in [-0.25, -0.2) is 0 Å². The Morgan fingerprint density at radius 1 is 1.14 bits per heavy atom. The monoisotopic (exact) mass is 393 g/mol. The Bertz CT molecular complexity index is 1030. The van der Waals surface area contributed by atoms with Gasteiger partial charge < -0.3 is 9.42 Å². The molecule has 2 aromatic heterocycles. The Hall–Kier alpha value is -2.47. The summed E-state index contributed by atoms with van der Waals surface area (Å²) in [5, 5.41) is 4.22. The standard InChI is InChI=1S/C22H23N3O2S/c1-13-7-8-17(9-14(13)2)25-12-16(11-20(25)26)21-23-22(27-24-21)19-10-15-5-3-4-6-18(15)28-19/h7-10,16H,3-6,11-12H2,1-2H3. The normalized spacial score (nSPS) is 19.3. The van der Waals surface area contributed by atoms with Crippen molar-refractivity contribution in [2.24, 2.45) is 0 Å². The van der Waals surface area contributed by atoms with Crippen molar-refractivity contribution in [2.75, 3.05) is 11.4 Å². The fourth-order valence-corrected chi connectivity index (χ4v) is 5.30. The number of aryl methyl sites for hydroxylation is 4. The molecular weight excluding hydrogens is 370 g/mol. The molecule has 0 radical (unpaired) electrons. The van der Waals surface area contributed by atoms with Crippen LogP contribution < -0.4 is 4.90 Å². The van der Waals surface area contributed by atoms with E-state index in [1.807, 2.05) is 11.0 Å². The molecular formula is C22H23N3O2S. The molecule has 6 heteroatoms. The van der Waals surface area contributed by atoms with Gasteiger partial charge in [0, 0.05) is 29.4 Å². The van der Waals surface area contributed by atoms with Gasteiger partial charge in [-0.05, 0) is 74.4 Å². The number of amides is 1. The number of fused-ring (bicyclic) bond motifs is 1. The number of rotatable bonds is 3. The van der Waals surface area contributed by atoms with Gasteiger partial charge in [0.1, 0.15) is 0 Å². The van der Waals surface area contributed by atoms with Gasteiger partial charge in [-0.2, -0.15) is 4.98 Å². The molecule has 0 spiro atoms. The van der Waals surface area contributed by atoms with Crippen LogP contribution >= 0.6 is 11.3 Å². The zero-order valence-corrected chi connectivity index (χ0v) is 17.0. The van der Waals surface area contributed by atoms with Crippen molar-refractivity contribution in [3.8, 4) is 10.8 Å². The number of anilines is 1. The fraction of sp³-hybridized carbons (Fsp3) is 0.409. The molecule has 3 aromatic rings. The molecule has 28 heavy (non-hydrogen) atoms. The van der Waals surface area contributed by atoms with Crippen molar-refractivity contribution in [1.29, 1.82) is 0 Å². The van der Waals surface area contributed by atoms with Crippen molar-refractivity contribution in [3.63, 3.8) is 0 Å². The topological polar surface area (TPSA) is 59.2 Å². The van der Waals surface area contributed by atoms with E-state index in [0.29, 0.717) is 24.7 Å². The summed E-state index contributed by atoms with van der Waals surface area (Å²) < 4.78 is 5.57. The van der Waals surface area contributed by atoms with Crippen LogP contribution in [0.1, 0.15) is 52.6 Å². The van der Waals surface area contributed by atoms with Crippen LogP contribution in [0.5, 0.6) is 0 Å². The van der Waals surface area contributed by atoms with Gasteiger partial charge in [0.2, 0.25) is 5.91 Å². The minimum absolute atomic E-state index is 0.0267. The lowest BCUT2D eigenvalue weighted by molar-refractivity contribution is -0.117. The third-order valence-electron chi connectivity index (χ3n) is 5.94. The molecule has 1 atom stereocenters. The first-order chi connectivity index (χ1) is 13.6. The minimum atomic E-state index is -0.0267. The Labute approximate surface area is 168 Å². The van der Waals surface area contributed by atoms with Crippen LogP contribution in [0.4, 0.5) is 5.69 Å². The number of thiophene rings is 1. The third kappa shape index (κ3) is 3.05. The number of carbonyl (C=O) groups is 1. The van der Waals surface area contributed by atoms with E-state index in [-0.39, 0.29) is 11.8 Å². The van der Waals surface area contributed by atoms with Crippen LogP contribution in [-0.2, 0) is 17.6 Å². The van der Waals surface area contributed by atoms with Crippen LogP contribution in [0.25, 0.3) is 10.8 Å². The zero-order valence-electron chi connectivity index (χ0n) is 16.2. The summed E-state index contributed by atoms with van der Waals surface area (Å²) in [6.45, 7) is 4.75. The summed E-state index contributed by atoms with van der Waals surface area (Å²) in [7, 11) is 0. The number of hydrogen-bond acceptors (Lipinski definition) is 5. The number of nitrogens with zero attached hydrogens (tertiary/aromatic N) is 3. The second-order valence-electron chi connectivity index (χ2n) is 7.90. The molecule has 144 valence electrons. The molecule has 5 rings (SSSR count). The average molecular weight is 394 g/mol. The molecule has 1 amide bonds. The Morgan fingerprint density at radius 3 is 2.82 bits per heavy atom. The maximum absolute atomic E-state index is 12.6. The summed E-state index contributed by atoms with van der Waals surface area (Å²) in [5.74, 6) is 1.32. The summed E-state index contributed by atoms with van der Waals surface area (Å²) in [4.78, 5) is 21.6. The lowest BCUT2D eigenvalue weighted by Gasteiger charge is -2.17. The molecule has 5 nitrogen and oxygen atoms in total. The molecule has 1 aromatic carbocycles. The first kappa shape index (κ1) is 17.6. The van der Waals surface area contributed by atoms with E-state index in [2.05, 4.69) is 42.2 Å². The number of aromatic nitrogens is 2. The van der Waals surface area contributed by atoms with E-state index in [9.17, 15) is 4.79 Å². The number of hydrogen-bond donors (Lipinski definition) is 0. The highest BCUT2D eigenvalue weighted by Gasteiger charge is 2.35. The van der Waals surface area contributed by atoms with Gasteiger partial charge in [0.25, 0.3) is 5.89 Å². The molecule has 1 aliphatic carbocycles. The SMILES string of the molecule is Cc1ccc(N2CC(c3noc(-c4cc5c(s4)CCCC5)n3)CC2=O)cc1C. The molecule has 0 bridgehead atoms. The molecule has 1 unspecified atom stereocenters. The molecule has 0 N–H and O–H groups in total. The lowest BCUT2D eigenvalue weighted by Crippen LogP contribution is -2.24. The largest absolute Gasteiger partial charge is 0.333 e. The van der Waals surface area contributed by atoms with Crippen LogP contribution in [0.3, 0.4) is 0 Å². The lowest BCUT2D eigenvalue weighted by atomic mass is 9.99. The van der Waals surface area contributed by atoms with Gasteiger partial charge in [-0.1, -0.05) is 11.2 Å². The van der Waals surface area contributed by atoms with Crippen molar-refractivity contribution < 1.29 is 9.32 Å². The Kier molecular flexibility index (Phi) is 4.31. The minimum Gasteiger partial charge on any atom is -0.333 e. The third-order valence-corrected chi connectivity index (χ3v) is 7.17. The predicted molar refractivity (Wildman–Crippen MR) is 110 cm³/mol. The number of carbonyl (C=O) groups excluding carboxylic acids is 1. The molecule has 3 heterocycles. The fourth-order valence-electron chi connectivity index (χ4n) is 4.12. The second kappa shape index (κ2) is 6.85. The van der Waals surface area contributed by atoms with Crippen molar-refractivity contribution in [3.05, 3.63) is 51.7 Å². The van der Waals surface area contributed by atoms with E-state index in [0.717, 1.165) is 23.4 Å². The molecule has 1 saturated heterocycles. The molecule has 0 saturated carbocycles. The van der Waals surface area contributed by atoms with E-state index in [1.54, 1.807) is 11.3 Å². The molecule has 2 aliphatic rings. The van der Waals surface area contributed by atoms with E-state index in [4.69, 9.17) is 4.52 Å². The smallest absolute Gasteiger partial charge is 0.268 e. The van der Waals surface area contributed by atoms with E-state index in [1.165, 1.54) is 34.4 Å². The van der Waals surface area contributed by atoms with Crippen LogP contribution in [0, 0.1) is 13.8 Å². The van der Waals surface area contributed by atoms with Gasteiger partial charge in [0.15, 0.2) is 5.82 Å². The van der Waals surface area contributed by atoms with Gasteiger partial charge in [-0.15, -0.1) is 11.3 Å². The zero-order chi connectivity index (χ0) is 19.3.